The van der Waals surface area contributed by atoms with E-state index in [1.807, 2.05) is 24.3 Å². The topological polar surface area (TPSA) is 26.3 Å². The van der Waals surface area contributed by atoms with Gasteiger partial charge in [0.25, 0.3) is 0 Å². The Morgan fingerprint density at radius 1 is 1.62 bits per heavy atom. The van der Waals surface area contributed by atoms with Gasteiger partial charge in [-0.25, -0.2) is 0 Å². The van der Waals surface area contributed by atoms with Crippen LogP contribution in [0.4, 0.5) is 0 Å². The second-order valence-corrected chi connectivity index (χ2v) is 2.99. The molecule has 1 atom stereocenters. The van der Waals surface area contributed by atoms with E-state index < -0.39 is 0 Å². The lowest BCUT2D eigenvalue weighted by Gasteiger charge is -2.06. The number of carbonyl (C=O) groups excluding carboxylic acids is 1. The Bertz CT molecular complexity index is 249. The Labute approximate surface area is 78.6 Å². The average Bonchev–Trinajstić information content (AvgIpc) is 2.18. The van der Waals surface area contributed by atoms with Crippen molar-refractivity contribution < 1.29 is 9.53 Å². The maximum Gasteiger partial charge on any atom is 0.127 e. The third-order valence-electron chi connectivity index (χ3n) is 1.76. The van der Waals surface area contributed by atoms with Crippen LogP contribution >= 0.6 is 0 Å². The Balaban J connectivity index is 2.69. The maximum atomic E-state index is 10.3. The SMILES string of the molecule is CC1/C=C\C=C/CO/C(CC=O)=C\1. The van der Waals surface area contributed by atoms with Crippen LogP contribution in [0.15, 0.2) is 36.1 Å². The van der Waals surface area contributed by atoms with E-state index in [4.69, 9.17) is 4.74 Å². The number of hydrogen-bond acceptors (Lipinski definition) is 2. The Morgan fingerprint density at radius 2 is 2.46 bits per heavy atom. The highest BCUT2D eigenvalue weighted by Crippen LogP contribution is 2.10. The molecule has 0 fully saturated rings. The third-order valence-corrected chi connectivity index (χ3v) is 1.76. The molecule has 0 aromatic carbocycles. The van der Waals surface area contributed by atoms with Crippen molar-refractivity contribution in [1.82, 2.24) is 0 Å². The van der Waals surface area contributed by atoms with Crippen LogP contribution in [0.1, 0.15) is 13.3 Å². The van der Waals surface area contributed by atoms with Crippen molar-refractivity contribution in [2.75, 3.05) is 6.61 Å². The predicted molar refractivity (Wildman–Crippen MR) is 52.2 cm³/mol. The normalized spacial score (nSPS) is 31.2. The van der Waals surface area contributed by atoms with E-state index >= 15 is 0 Å². The summed E-state index contributed by atoms with van der Waals surface area (Å²) < 4.78 is 5.38. The molecule has 1 rings (SSSR count). The molecule has 0 spiro atoms. The van der Waals surface area contributed by atoms with Crippen molar-refractivity contribution in [3.63, 3.8) is 0 Å². The van der Waals surface area contributed by atoms with Crippen LogP contribution in [0.3, 0.4) is 0 Å². The minimum Gasteiger partial charge on any atom is -0.494 e. The van der Waals surface area contributed by atoms with Crippen molar-refractivity contribution in [3.05, 3.63) is 36.1 Å². The second-order valence-electron chi connectivity index (χ2n) is 2.99. The summed E-state index contributed by atoms with van der Waals surface area (Å²) in [7, 11) is 0. The minimum atomic E-state index is 0.317. The summed E-state index contributed by atoms with van der Waals surface area (Å²) in [6.07, 6.45) is 11.1. The van der Waals surface area contributed by atoms with Crippen molar-refractivity contribution in [3.8, 4) is 0 Å². The zero-order valence-corrected chi connectivity index (χ0v) is 7.77. The van der Waals surface area contributed by atoms with Gasteiger partial charge in [-0.05, 0) is 18.1 Å². The fraction of sp³-hybridized carbons (Fsp3) is 0.364. The van der Waals surface area contributed by atoms with Gasteiger partial charge in [0.05, 0.1) is 6.42 Å². The number of rotatable bonds is 2. The molecule has 0 radical (unpaired) electrons. The lowest BCUT2D eigenvalue weighted by atomic mass is 10.1. The fourth-order valence-electron chi connectivity index (χ4n) is 1.13. The zero-order valence-electron chi connectivity index (χ0n) is 7.77. The van der Waals surface area contributed by atoms with Gasteiger partial charge < -0.3 is 9.53 Å². The molecule has 2 heteroatoms. The largest absolute Gasteiger partial charge is 0.494 e. The van der Waals surface area contributed by atoms with Gasteiger partial charge in [0.2, 0.25) is 0 Å². The number of ether oxygens (including phenoxy) is 1. The first-order valence-corrected chi connectivity index (χ1v) is 4.43. The summed E-state index contributed by atoms with van der Waals surface area (Å²) in [5, 5.41) is 0. The van der Waals surface area contributed by atoms with Crippen LogP contribution in [0.25, 0.3) is 0 Å². The highest BCUT2D eigenvalue weighted by molar-refractivity contribution is 5.53. The Hall–Kier alpha value is -1.31. The van der Waals surface area contributed by atoms with Crippen LogP contribution in [-0.4, -0.2) is 12.9 Å². The van der Waals surface area contributed by atoms with Crippen molar-refractivity contribution in [2.45, 2.75) is 13.3 Å². The molecule has 0 aliphatic carbocycles. The van der Waals surface area contributed by atoms with Gasteiger partial charge in [0, 0.05) is 0 Å². The van der Waals surface area contributed by atoms with E-state index in [9.17, 15) is 4.79 Å². The fourth-order valence-corrected chi connectivity index (χ4v) is 1.13. The Kier molecular flexibility index (Phi) is 4.03. The van der Waals surface area contributed by atoms with Gasteiger partial charge in [-0.15, -0.1) is 0 Å². The average molecular weight is 178 g/mol. The quantitative estimate of drug-likeness (QED) is 0.606. The summed E-state index contributed by atoms with van der Waals surface area (Å²) in [4.78, 5) is 10.3. The summed E-state index contributed by atoms with van der Waals surface area (Å²) in [6, 6.07) is 0. The van der Waals surface area contributed by atoms with E-state index in [1.165, 1.54) is 0 Å². The number of carbonyl (C=O) groups is 1. The molecule has 70 valence electrons. The summed E-state index contributed by atoms with van der Waals surface area (Å²) in [5.41, 5.74) is 0. The molecule has 2 nitrogen and oxygen atoms in total. The molecular weight excluding hydrogens is 164 g/mol. The molecule has 0 aromatic heterocycles. The molecule has 1 aliphatic heterocycles. The van der Waals surface area contributed by atoms with Crippen molar-refractivity contribution in [2.24, 2.45) is 5.92 Å². The van der Waals surface area contributed by atoms with Crippen molar-refractivity contribution >= 4 is 6.29 Å². The van der Waals surface area contributed by atoms with E-state index in [0.717, 1.165) is 12.0 Å². The van der Waals surface area contributed by atoms with Crippen LogP contribution in [-0.2, 0) is 9.53 Å². The first-order valence-electron chi connectivity index (χ1n) is 4.43. The van der Waals surface area contributed by atoms with Crippen molar-refractivity contribution in [1.29, 1.82) is 0 Å². The van der Waals surface area contributed by atoms with Crippen LogP contribution in [0.5, 0.6) is 0 Å². The predicted octanol–water partition coefficient (Wildman–Crippen LogP) is 2.24. The maximum absolute atomic E-state index is 10.3. The van der Waals surface area contributed by atoms with Gasteiger partial charge in [-0.3, -0.25) is 0 Å². The first-order chi connectivity index (χ1) is 6.33. The van der Waals surface area contributed by atoms with E-state index in [-0.39, 0.29) is 0 Å². The van der Waals surface area contributed by atoms with Crippen LogP contribution < -0.4 is 0 Å². The molecule has 1 aliphatic rings. The monoisotopic (exact) mass is 178 g/mol. The summed E-state index contributed by atoms with van der Waals surface area (Å²) in [6.45, 7) is 2.60. The molecule has 0 amide bonds. The van der Waals surface area contributed by atoms with Crippen LogP contribution in [0, 0.1) is 5.92 Å². The minimum absolute atomic E-state index is 0.317. The molecular formula is C11H14O2. The van der Waals surface area contributed by atoms with Gasteiger partial charge in [0.1, 0.15) is 18.7 Å². The number of allylic oxidation sites excluding steroid dienone is 5. The Morgan fingerprint density at radius 3 is 3.23 bits per heavy atom. The standard InChI is InChI=1S/C11H14O2/c1-10-5-3-2-4-8-13-11(9-10)6-7-12/h2-5,7,9-10H,6,8H2,1H3/b4-2-,5-3-,11-9-. The van der Waals surface area contributed by atoms with Gasteiger partial charge >= 0.3 is 0 Å². The molecule has 0 saturated carbocycles. The van der Waals surface area contributed by atoms with Gasteiger partial charge in [-0.2, -0.15) is 0 Å². The smallest absolute Gasteiger partial charge is 0.127 e. The molecule has 0 bridgehead atoms. The highest BCUT2D eigenvalue weighted by Gasteiger charge is 2.00. The molecule has 0 aromatic rings. The van der Waals surface area contributed by atoms with Gasteiger partial charge in [0.15, 0.2) is 0 Å². The third kappa shape index (κ3) is 3.74. The number of hydrogen-bond donors (Lipinski definition) is 0. The lowest BCUT2D eigenvalue weighted by Crippen LogP contribution is -1.95. The molecule has 1 heterocycles. The van der Waals surface area contributed by atoms with Crippen LogP contribution in [0.2, 0.25) is 0 Å². The van der Waals surface area contributed by atoms with E-state index in [1.54, 1.807) is 0 Å². The molecule has 0 saturated heterocycles. The molecule has 0 N–H and O–H groups in total. The van der Waals surface area contributed by atoms with E-state index in [2.05, 4.69) is 13.0 Å². The summed E-state index contributed by atoms with van der Waals surface area (Å²) in [5.74, 6) is 1.08. The molecule has 13 heavy (non-hydrogen) atoms. The number of aldehydes is 1. The second kappa shape index (κ2) is 5.36. The highest BCUT2D eigenvalue weighted by atomic mass is 16.5. The lowest BCUT2D eigenvalue weighted by molar-refractivity contribution is -0.107. The summed E-state index contributed by atoms with van der Waals surface area (Å²) >= 11 is 0. The first kappa shape index (κ1) is 9.78. The zero-order chi connectivity index (χ0) is 9.52. The van der Waals surface area contributed by atoms with E-state index in [0.29, 0.717) is 18.9 Å². The molecule has 1 unspecified atom stereocenters. The van der Waals surface area contributed by atoms with Gasteiger partial charge in [-0.1, -0.05) is 25.2 Å².